The predicted octanol–water partition coefficient (Wildman–Crippen LogP) is 3.18. The fourth-order valence-corrected chi connectivity index (χ4v) is 3.08. The summed E-state index contributed by atoms with van der Waals surface area (Å²) >= 11 is 0. The van der Waals surface area contributed by atoms with E-state index in [0.717, 1.165) is 44.8 Å². The first-order valence-electron chi connectivity index (χ1n) is 8.23. The van der Waals surface area contributed by atoms with Crippen molar-refractivity contribution in [3.05, 3.63) is 70.8 Å². The summed E-state index contributed by atoms with van der Waals surface area (Å²) in [6.45, 7) is 8.66. The first-order chi connectivity index (χ1) is 11.2. The van der Waals surface area contributed by atoms with Crippen LogP contribution in [0.4, 0.5) is 0 Å². The molecular weight excluding hydrogens is 282 g/mol. The maximum absolute atomic E-state index is 8.85. The van der Waals surface area contributed by atoms with E-state index in [1.807, 2.05) is 12.1 Å². The number of nitriles is 1. The summed E-state index contributed by atoms with van der Waals surface area (Å²) in [6.07, 6.45) is 0. The molecule has 2 aromatic rings. The van der Waals surface area contributed by atoms with Crippen molar-refractivity contribution >= 4 is 0 Å². The van der Waals surface area contributed by atoms with Gasteiger partial charge in [0, 0.05) is 39.3 Å². The molecule has 23 heavy (non-hydrogen) atoms. The molecule has 0 saturated carbocycles. The second-order valence-electron chi connectivity index (χ2n) is 6.29. The minimum Gasteiger partial charge on any atom is -0.297 e. The van der Waals surface area contributed by atoms with E-state index < -0.39 is 0 Å². The van der Waals surface area contributed by atoms with Gasteiger partial charge in [0.15, 0.2) is 0 Å². The molecule has 0 spiro atoms. The van der Waals surface area contributed by atoms with Gasteiger partial charge in [-0.3, -0.25) is 9.80 Å². The molecule has 1 saturated heterocycles. The highest BCUT2D eigenvalue weighted by Gasteiger charge is 2.17. The van der Waals surface area contributed by atoms with Gasteiger partial charge < -0.3 is 0 Å². The van der Waals surface area contributed by atoms with Crippen LogP contribution >= 0.6 is 0 Å². The lowest BCUT2D eigenvalue weighted by atomic mass is 10.1. The van der Waals surface area contributed by atoms with E-state index in [9.17, 15) is 0 Å². The maximum Gasteiger partial charge on any atom is 0.0991 e. The standard InChI is InChI=1S/C20H23N3/c1-17-4-2-3-5-20(17)16-23-12-10-22(11-13-23)15-19-8-6-18(14-21)7-9-19/h2-9H,10-13,15-16H2,1H3. The molecule has 0 radical (unpaired) electrons. The number of hydrogen-bond donors (Lipinski definition) is 0. The molecule has 1 fully saturated rings. The largest absolute Gasteiger partial charge is 0.297 e. The topological polar surface area (TPSA) is 30.3 Å². The predicted molar refractivity (Wildman–Crippen MR) is 92.9 cm³/mol. The Morgan fingerprint density at radius 3 is 2.09 bits per heavy atom. The number of rotatable bonds is 4. The summed E-state index contributed by atoms with van der Waals surface area (Å²) in [5.41, 5.74) is 4.84. The Bertz CT molecular complexity index is 677. The summed E-state index contributed by atoms with van der Waals surface area (Å²) in [7, 11) is 0. The van der Waals surface area contributed by atoms with Crippen molar-refractivity contribution in [2.24, 2.45) is 0 Å². The van der Waals surface area contributed by atoms with E-state index >= 15 is 0 Å². The van der Waals surface area contributed by atoms with E-state index in [4.69, 9.17) is 5.26 Å². The van der Waals surface area contributed by atoms with Crippen molar-refractivity contribution < 1.29 is 0 Å². The second kappa shape index (κ2) is 7.41. The van der Waals surface area contributed by atoms with Crippen LogP contribution in [0.25, 0.3) is 0 Å². The van der Waals surface area contributed by atoms with Gasteiger partial charge in [-0.2, -0.15) is 5.26 Å². The second-order valence-corrected chi connectivity index (χ2v) is 6.29. The van der Waals surface area contributed by atoms with E-state index in [0.29, 0.717) is 0 Å². The summed E-state index contributed by atoms with van der Waals surface area (Å²) in [5.74, 6) is 0. The molecule has 0 N–H and O–H groups in total. The Kier molecular flexibility index (Phi) is 5.07. The maximum atomic E-state index is 8.85. The third-order valence-electron chi connectivity index (χ3n) is 4.61. The average molecular weight is 305 g/mol. The summed E-state index contributed by atoms with van der Waals surface area (Å²) in [4.78, 5) is 5.04. The van der Waals surface area contributed by atoms with E-state index in [2.05, 4.69) is 59.2 Å². The fourth-order valence-electron chi connectivity index (χ4n) is 3.08. The third-order valence-corrected chi connectivity index (χ3v) is 4.61. The molecule has 118 valence electrons. The van der Waals surface area contributed by atoms with E-state index in [-0.39, 0.29) is 0 Å². The van der Waals surface area contributed by atoms with Crippen LogP contribution in [0.2, 0.25) is 0 Å². The Morgan fingerprint density at radius 1 is 0.870 bits per heavy atom. The zero-order chi connectivity index (χ0) is 16.1. The lowest BCUT2D eigenvalue weighted by molar-refractivity contribution is 0.122. The van der Waals surface area contributed by atoms with Gasteiger partial charge in [-0.1, -0.05) is 36.4 Å². The van der Waals surface area contributed by atoms with E-state index in [1.165, 1.54) is 16.7 Å². The molecule has 0 aromatic heterocycles. The van der Waals surface area contributed by atoms with Gasteiger partial charge in [-0.05, 0) is 35.7 Å². The smallest absolute Gasteiger partial charge is 0.0991 e. The molecule has 0 amide bonds. The number of hydrogen-bond acceptors (Lipinski definition) is 3. The lowest BCUT2D eigenvalue weighted by Crippen LogP contribution is -2.45. The highest BCUT2D eigenvalue weighted by Crippen LogP contribution is 2.14. The minimum atomic E-state index is 0.733. The molecule has 2 aromatic carbocycles. The molecule has 1 aliphatic heterocycles. The van der Waals surface area contributed by atoms with Crippen molar-refractivity contribution in [1.82, 2.24) is 9.80 Å². The van der Waals surface area contributed by atoms with E-state index in [1.54, 1.807) is 0 Å². The molecule has 0 bridgehead atoms. The fraction of sp³-hybridized carbons (Fsp3) is 0.350. The van der Waals surface area contributed by atoms with Crippen molar-refractivity contribution in [2.75, 3.05) is 26.2 Å². The van der Waals surface area contributed by atoms with Gasteiger partial charge in [0.1, 0.15) is 0 Å². The van der Waals surface area contributed by atoms with Gasteiger partial charge >= 0.3 is 0 Å². The van der Waals surface area contributed by atoms with Crippen LogP contribution in [0, 0.1) is 18.3 Å². The Balaban J connectivity index is 1.50. The number of piperazine rings is 1. The Morgan fingerprint density at radius 2 is 1.48 bits per heavy atom. The highest BCUT2D eigenvalue weighted by molar-refractivity contribution is 5.31. The number of benzene rings is 2. The van der Waals surface area contributed by atoms with Crippen LogP contribution in [0.3, 0.4) is 0 Å². The molecule has 3 rings (SSSR count). The first kappa shape index (κ1) is 15.7. The van der Waals surface area contributed by atoms with Crippen molar-refractivity contribution in [1.29, 1.82) is 5.26 Å². The zero-order valence-corrected chi connectivity index (χ0v) is 13.7. The number of aryl methyl sites for hydroxylation is 1. The minimum absolute atomic E-state index is 0.733. The summed E-state index contributed by atoms with van der Waals surface area (Å²) < 4.78 is 0. The summed E-state index contributed by atoms with van der Waals surface area (Å²) in [5, 5.41) is 8.85. The van der Waals surface area contributed by atoms with Crippen molar-refractivity contribution in [2.45, 2.75) is 20.0 Å². The van der Waals surface area contributed by atoms with Crippen LogP contribution in [0.1, 0.15) is 22.3 Å². The monoisotopic (exact) mass is 305 g/mol. The Hall–Kier alpha value is -2.15. The molecule has 0 atom stereocenters. The molecule has 0 unspecified atom stereocenters. The van der Waals surface area contributed by atoms with Gasteiger partial charge in [0.2, 0.25) is 0 Å². The van der Waals surface area contributed by atoms with Gasteiger partial charge in [0.05, 0.1) is 11.6 Å². The third kappa shape index (κ3) is 4.19. The average Bonchev–Trinajstić information content (AvgIpc) is 2.59. The molecule has 1 aliphatic rings. The van der Waals surface area contributed by atoms with Crippen LogP contribution in [0.5, 0.6) is 0 Å². The first-order valence-corrected chi connectivity index (χ1v) is 8.23. The summed E-state index contributed by atoms with van der Waals surface area (Å²) in [6, 6.07) is 18.8. The molecule has 3 nitrogen and oxygen atoms in total. The normalized spacial score (nSPS) is 16.2. The lowest BCUT2D eigenvalue weighted by Gasteiger charge is -2.35. The van der Waals surface area contributed by atoms with Crippen LogP contribution in [-0.4, -0.2) is 36.0 Å². The van der Waals surface area contributed by atoms with Gasteiger partial charge in [-0.15, -0.1) is 0 Å². The van der Waals surface area contributed by atoms with Crippen LogP contribution in [0.15, 0.2) is 48.5 Å². The molecular formula is C20H23N3. The van der Waals surface area contributed by atoms with Crippen molar-refractivity contribution in [3.63, 3.8) is 0 Å². The van der Waals surface area contributed by atoms with Crippen LogP contribution in [-0.2, 0) is 13.1 Å². The van der Waals surface area contributed by atoms with Crippen molar-refractivity contribution in [3.8, 4) is 6.07 Å². The quantitative estimate of drug-likeness (QED) is 0.869. The SMILES string of the molecule is Cc1ccccc1CN1CCN(Cc2ccc(C#N)cc2)CC1. The molecule has 3 heteroatoms. The molecule has 1 heterocycles. The van der Waals surface area contributed by atoms with Gasteiger partial charge in [0.25, 0.3) is 0 Å². The molecule has 0 aliphatic carbocycles. The Labute approximate surface area is 138 Å². The van der Waals surface area contributed by atoms with Crippen LogP contribution < -0.4 is 0 Å². The highest BCUT2D eigenvalue weighted by atomic mass is 15.3. The number of nitrogens with zero attached hydrogens (tertiary/aromatic N) is 3. The van der Waals surface area contributed by atoms with Gasteiger partial charge in [-0.25, -0.2) is 0 Å². The zero-order valence-electron chi connectivity index (χ0n) is 13.7.